The molecular formula is C26H28F3N7O2. The first-order valence-corrected chi connectivity index (χ1v) is 12.2. The van der Waals surface area contributed by atoms with Gasteiger partial charge in [0.2, 0.25) is 0 Å². The summed E-state index contributed by atoms with van der Waals surface area (Å²) >= 11 is 0. The van der Waals surface area contributed by atoms with Crippen molar-refractivity contribution in [3.8, 4) is 17.0 Å². The van der Waals surface area contributed by atoms with Crippen LogP contribution in [0.1, 0.15) is 43.6 Å². The molecule has 0 amide bonds. The lowest BCUT2D eigenvalue weighted by Crippen LogP contribution is -2.21. The zero-order chi connectivity index (χ0) is 27.2. The maximum atomic E-state index is 12.6. The molecule has 2 aliphatic rings. The SMILES string of the molecule is Cc1cc(C(C)(C)O)n(C2=CC(N)=Nc3c(c(-c4ccc(OC(F)(F)F)cc4)nn3CC3CC3)CC=N2)n1. The van der Waals surface area contributed by atoms with Gasteiger partial charge in [0.05, 0.1) is 17.1 Å². The van der Waals surface area contributed by atoms with Gasteiger partial charge in [0.25, 0.3) is 0 Å². The number of aliphatic imine (C=N–C) groups is 2. The van der Waals surface area contributed by atoms with Crippen LogP contribution in [0.5, 0.6) is 5.75 Å². The lowest BCUT2D eigenvalue weighted by Gasteiger charge is -2.19. The minimum Gasteiger partial charge on any atom is -0.406 e. The van der Waals surface area contributed by atoms with E-state index in [1.165, 1.54) is 24.3 Å². The van der Waals surface area contributed by atoms with Crippen molar-refractivity contribution in [1.29, 1.82) is 0 Å². The van der Waals surface area contributed by atoms with Crippen LogP contribution < -0.4 is 10.5 Å². The number of ether oxygens (including phenoxy) is 1. The number of hydrogen-bond donors (Lipinski definition) is 2. The zero-order valence-corrected chi connectivity index (χ0v) is 21.2. The Bertz CT molecular complexity index is 1440. The van der Waals surface area contributed by atoms with Crippen LogP contribution in [0.15, 0.2) is 46.4 Å². The van der Waals surface area contributed by atoms with Gasteiger partial charge in [0, 0.05) is 36.4 Å². The van der Waals surface area contributed by atoms with E-state index in [-0.39, 0.29) is 11.6 Å². The summed E-state index contributed by atoms with van der Waals surface area (Å²) in [6, 6.07) is 7.37. The Kier molecular flexibility index (Phi) is 6.38. The molecule has 2 aromatic heterocycles. The first kappa shape index (κ1) is 25.7. The molecule has 5 rings (SSSR count). The Morgan fingerprint density at radius 3 is 2.47 bits per heavy atom. The van der Waals surface area contributed by atoms with Gasteiger partial charge in [0.1, 0.15) is 17.2 Å². The number of amidine groups is 1. The number of benzene rings is 1. The normalized spacial score (nSPS) is 16.3. The largest absolute Gasteiger partial charge is 0.573 e. The minimum absolute atomic E-state index is 0.174. The molecule has 0 atom stereocenters. The van der Waals surface area contributed by atoms with E-state index in [4.69, 9.17) is 10.8 Å². The average Bonchev–Trinajstić information content (AvgIpc) is 3.42. The Labute approximate surface area is 217 Å². The Morgan fingerprint density at radius 1 is 1.13 bits per heavy atom. The fourth-order valence-electron chi connectivity index (χ4n) is 4.30. The third-order valence-electron chi connectivity index (χ3n) is 6.22. The maximum Gasteiger partial charge on any atom is 0.573 e. The maximum absolute atomic E-state index is 12.6. The highest BCUT2D eigenvalue weighted by atomic mass is 19.4. The second-order valence-corrected chi connectivity index (χ2v) is 10.0. The Balaban J connectivity index is 1.56. The summed E-state index contributed by atoms with van der Waals surface area (Å²) in [7, 11) is 0. The van der Waals surface area contributed by atoms with Crippen molar-refractivity contribution >= 4 is 23.7 Å². The topological polar surface area (TPSA) is 116 Å². The van der Waals surface area contributed by atoms with E-state index in [1.807, 2.05) is 11.6 Å². The summed E-state index contributed by atoms with van der Waals surface area (Å²) in [6.07, 6.45) is 1.03. The summed E-state index contributed by atoms with van der Waals surface area (Å²) in [5.41, 5.74) is 8.38. The highest BCUT2D eigenvalue weighted by Gasteiger charge is 2.31. The summed E-state index contributed by atoms with van der Waals surface area (Å²) in [5, 5.41) is 19.9. The van der Waals surface area contributed by atoms with Gasteiger partial charge in [-0.2, -0.15) is 10.2 Å². The Hall–Kier alpha value is -3.93. The molecular weight excluding hydrogens is 499 g/mol. The number of fused-ring (bicyclic) bond motifs is 1. The van der Waals surface area contributed by atoms with Crippen LogP contribution in [-0.4, -0.2) is 43.1 Å². The van der Waals surface area contributed by atoms with Gasteiger partial charge < -0.3 is 15.6 Å². The van der Waals surface area contributed by atoms with Crippen LogP contribution in [0.4, 0.5) is 19.0 Å². The van der Waals surface area contributed by atoms with Crippen LogP contribution in [0.2, 0.25) is 0 Å². The third-order valence-corrected chi connectivity index (χ3v) is 6.22. The van der Waals surface area contributed by atoms with E-state index in [1.54, 1.807) is 36.9 Å². The van der Waals surface area contributed by atoms with Gasteiger partial charge in [0.15, 0.2) is 11.6 Å². The minimum atomic E-state index is -4.77. The average molecular weight is 528 g/mol. The molecule has 3 aromatic rings. The fourth-order valence-corrected chi connectivity index (χ4v) is 4.30. The molecule has 0 radical (unpaired) electrons. The number of alkyl halides is 3. The highest BCUT2D eigenvalue weighted by molar-refractivity contribution is 5.98. The number of halogens is 3. The predicted octanol–water partition coefficient (Wildman–Crippen LogP) is 4.71. The number of nitrogens with zero attached hydrogens (tertiary/aromatic N) is 6. The van der Waals surface area contributed by atoms with Crippen molar-refractivity contribution in [2.24, 2.45) is 21.6 Å². The number of nitrogens with two attached hydrogens (primary N) is 1. The summed E-state index contributed by atoms with van der Waals surface area (Å²) in [4.78, 5) is 9.29. The molecule has 1 aromatic carbocycles. The van der Waals surface area contributed by atoms with Gasteiger partial charge in [-0.05, 0) is 69.9 Å². The second kappa shape index (κ2) is 9.43. The zero-order valence-electron chi connectivity index (χ0n) is 21.2. The smallest absolute Gasteiger partial charge is 0.406 e. The number of aliphatic hydroxyl groups is 1. The molecule has 38 heavy (non-hydrogen) atoms. The van der Waals surface area contributed by atoms with E-state index in [9.17, 15) is 18.3 Å². The molecule has 1 aliphatic heterocycles. The Morgan fingerprint density at radius 2 is 1.84 bits per heavy atom. The van der Waals surface area contributed by atoms with Crippen LogP contribution >= 0.6 is 0 Å². The van der Waals surface area contributed by atoms with Crippen molar-refractivity contribution in [2.75, 3.05) is 0 Å². The van der Waals surface area contributed by atoms with Gasteiger partial charge >= 0.3 is 6.36 Å². The molecule has 200 valence electrons. The summed E-state index contributed by atoms with van der Waals surface area (Å²) in [5.74, 6) is 1.31. The second-order valence-electron chi connectivity index (χ2n) is 10.0. The molecule has 1 saturated carbocycles. The lowest BCUT2D eigenvalue weighted by atomic mass is 10.1. The molecule has 0 spiro atoms. The van der Waals surface area contributed by atoms with E-state index in [2.05, 4.69) is 19.8 Å². The molecule has 3 heterocycles. The van der Waals surface area contributed by atoms with Crippen molar-refractivity contribution in [1.82, 2.24) is 19.6 Å². The van der Waals surface area contributed by atoms with Crippen molar-refractivity contribution in [3.05, 3.63) is 53.4 Å². The molecule has 1 aliphatic carbocycles. The van der Waals surface area contributed by atoms with Gasteiger partial charge in [-0.25, -0.2) is 19.3 Å². The summed E-state index contributed by atoms with van der Waals surface area (Å²) in [6.45, 7) is 5.80. The van der Waals surface area contributed by atoms with Crippen molar-refractivity contribution in [2.45, 2.75) is 58.5 Å². The van der Waals surface area contributed by atoms with Crippen LogP contribution in [0.25, 0.3) is 17.1 Å². The number of aryl methyl sites for hydroxylation is 1. The molecule has 9 nitrogen and oxygen atoms in total. The molecule has 3 N–H and O–H groups in total. The molecule has 0 bridgehead atoms. The van der Waals surface area contributed by atoms with E-state index in [0.29, 0.717) is 53.2 Å². The standard InChI is InChI=1S/C26H28F3N7O2/c1-15-12-20(25(2,3)37)36(33-15)22-13-21(30)32-24-19(10-11-31-22)23(34-35(24)14-16-4-5-16)17-6-8-18(9-7-17)38-26(27,28)29/h6-9,11-13,16,37H,4-5,10,14H2,1-3H3,(H2,30,32). The van der Waals surface area contributed by atoms with Crippen LogP contribution in [0, 0.1) is 12.8 Å². The lowest BCUT2D eigenvalue weighted by molar-refractivity contribution is -0.274. The van der Waals surface area contributed by atoms with Crippen molar-refractivity contribution in [3.63, 3.8) is 0 Å². The third kappa shape index (κ3) is 5.64. The van der Waals surface area contributed by atoms with E-state index >= 15 is 0 Å². The molecule has 1 fully saturated rings. The number of hydrogen-bond acceptors (Lipinski definition) is 7. The number of rotatable bonds is 6. The highest BCUT2D eigenvalue weighted by Crippen LogP contribution is 2.37. The van der Waals surface area contributed by atoms with E-state index in [0.717, 1.165) is 18.4 Å². The van der Waals surface area contributed by atoms with Crippen LogP contribution in [0.3, 0.4) is 0 Å². The number of aromatic nitrogens is 4. The molecule has 12 heteroatoms. The molecule has 0 unspecified atom stereocenters. The van der Waals surface area contributed by atoms with Crippen LogP contribution in [-0.2, 0) is 18.6 Å². The summed E-state index contributed by atoms with van der Waals surface area (Å²) < 4.78 is 45.2. The predicted molar refractivity (Wildman–Crippen MR) is 137 cm³/mol. The first-order valence-electron chi connectivity index (χ1n) is 12.2. The van der Waals surface area contributed by atoms with Crippen molar-refractivity contribution < 1.29 is 23.0 Å². The fraction of sp³-hybridized carbons (Fsp3) is 0.385. The monoisotopic (exact) mass is 527 g/mol. The molecule has 0 saturated heterocycles. The van der Waals surface area contributed by atoms with E-state index < -0.39 is 12.0 Å². The van der Waals surface area contributed by atoms with Gasteiger partial charge in [-0.3, -0.25) is 0 Å². The van der Waals surface area contributed by atoms with Gasteiger partial charge in [-0.1, -0.05) is 0 Å². The first-order chi connectivity index (χ1) is 17.9. The van der Waals surface area contributed by atoms with Gasteiger partial charge in [-0.15, -0.1) is 13.2 Å². The quantitative estimate of drug-likeness (QED) is 0.482.